The lowest BCUT2D eigenvalue weighted by molar-refractivity contribution is 1.00. The van der Waals surface area contributed by atoms with Gasteiger partial charge in [0.1, 0.15) is 17.2 Å². The van der Waals surface area contributed by atoms with E-state index in [1.54, 1.807) is 11.3 Å². The molecule has 0 fully saturated rings. The zero-order chi connectivity index (χ0) is 8.84. The highest BCUT2D eigenvalue weighted by molar-refractivity contribution is 7.08. The Morgan fingerprint density at radius 3 is 3.23 bits per heavy atom. The molecule has 64 valence electrons. The Labute approximate surface area is 78.6 Å². The van der Waals surface area contributed by atoms with Crippen molar-refractivity contribution in [2.24, 2.45) is 15.7 Å². The smallest absolute Gasteiger partial charge is 0.133 e. The van der Waals surface area contributed by atoms with E-state index in [4.69, 9.17) is 5.73 Å². The van der Waals surface area contributed by atoms with Gasteiger partial charge in [-0.2, -0.15) is 0 Å². The van der Waals surface area contributed by atoms with E-state index in [0.717, 1.165) is 10.2 Å². The molecule has 1 aromatic heterocycles. The van der Waals surface area contributed by atoms with Gasteiger partial charge in [-0.1, -0.05) is 12.2 Å². The molecule has 0 saturated heterocycles. The summed E-state index contributed by atoms with van der Waals surface area (Å²) in [5, 5.41) is 0. The van der Waals surface area contributed by atoms with E-state index >= 15 is 0 Å². The quantitative estimate of drug-likeness (QED) is 0.606. The minimum absolute atomic E-state index is 0.474. The van der Waals surface area contributed by atoms with Crippen molar-refractivity contribution >= 4 is 29.3 Å². The molecule has 1 aliphatic carbocycles. The van der Waals surface area contributed by atoms with Crippen LogP contribution in [0, 0.1) is 0 Å². The number of nitrogens with zero attached hydrogens (tertiary/aromatic N) is 2. The molecule has 0 unspecified atom stereocenters. The van der Waals surface area contributed by atoms with Gasteiger partial charge in [0.2, 0.25) is 0 Å². The van der Waals surface area contributed by atoms with Crippen molar-refractivity contribution in [3.8, 4) is 0 Å². The molecule has 0 amide bonds. The SMILES string of the molecule is NC1=NCN=c2sc3c(c21)C=CC=3. The van der Waals surface area contributed by atoms with Gasteiger partial charge in [-0.05, 0) is 6.08 Å². The first-order chi connectivity index (χ1) is 6.36. The van der Waals surface area contributed by atoms with Crippen LogP contribution in [0.3, 0.4) is 0 Å². The van der Waals surface area contributed by atoms with Crippen molar-refractivity contribution in [3.63, 3.8) is 0 Å². The van der Waals surface area contributed by atoms with Crippen LogP contribution >= 0.6 is 11.3 Å². The molecule has 2 aliphatic rings. The van der Waals surface area contributed by atoms with Gasteiger partial charge in [-0.3, -0.25) is 4.99 Å². The minimum atomic E-state index is 0.474. The van der Waals surface area contributed by atoms with Crippen LogP contribution < -0.4 is 14.9 Å². The Balaban J connectivity index is 2.49. The van der Waals surface area contributed by atoms with E-state index in [1.807, 2.05) is 6.08 Å². The monoisotopic (exact) mass is 189 g/mol. The Morgan fingerprint density at radius 2 is 2.31 bits per heavy atom. The number of rotatable bonds is 0. The summed E-state index contributed by atoms with van der Waals surface area (Å²) in [5.41, 5.74) is 8.02. The molecule has 0 radical (unpaired) electrons. The third kappa shape index (κ3) is 0.833. The van der Waals surface area contributed by atoms with Crippen LogP contribution in [0.1, 0.15) is 11.1 Å². The Kier molecular flexibility index (Phi) is 1.24. The molecule has 2 N–H and O–H groups in total. The molecular formula is C9H7N3S. The summed E-state index contributed by atoms with van der Waals surface area (Å²) in [5.74, 6) is 0.627. The molecule has 4 heteroatoms. The number of fused-ring (bicyclic) bond motifs is 3. The molecule has 0 bridgehead atoms. The largest absolute Gasteiger partial charge is 0.383 e. The van der Waals surface area contributed by atoms with Crippen molar-refractivity contribution < 1.29 is 0 Å². The summed E-state index contributed by atoms with van der Waals surface area (Å²) in [6, 6.07) is 0. The summed E-state index contributed by atoms with van der Waals surface area (Å²) < 4.78 is 2.27. The lowest BCUT2D eigenvalue weighted by atomic mass is 10.1. The minimum Gasteiger partial charge on any atom is -0.383 e. The maximum atomic E-state index is 5.81. The van der Waals surface area contributed by atoms with Crippen molar-refractivity contribution in [1.29, 1.82) is 0 Å². The van der Waals surface area contributed by atoms with E-state index in [1.165, 1.54) is 10.1 Å². The van der Waals surface area contributed by atoms with Crippen LogP contribution in [-0.4, -0.2) is 12.5 Å². The summed E-state index contributed by atoms with van der Waals surface area (Å²) >= 11 is 1.68. The van der Waals surface area contributed by atoms with Crippen molar-refractivity contribution in [3.05, 3.63) is 26.4 Å². The zero-order valence-electron chi connectivity index (χ0n) is 6.82. The van der Waals surface area contributed by atoms with Gasteiger partial charge in [0, 0.05) is 10.1 Å². The summed E-state index contributed by atoms with van der Waals surface area (Å²) in [7, 11) is 0. The molecule has 3 rings (SSSR count). The zero-order valence-corrected chi connectivity index (χ0v) is 7.64. The Hall–Kier alpha value is -1.42. The van der Waals surface area contributed by atoms with E-state index in [0.29, 0.717) is 12.5 Å². The molecule has 13 heavy (non-hydrogen) atoms. The normalized spacial score (nSPS) is 17.1. The first-order valence-electron chi connectivity index (χ1n) is 4.02. The maximum Gasteiger partial charge on any atom is 0.133 e. The highest BCUT2D eigenvalue weighted by Gasteiger charge is 2.15. The number of aliphatic imine (C=N–C) groups is 1. The van der Waals surface area contributed by atoms with Gasteiger partial charge in [0.15, 0.2) is 0 Å². The van der Waals surface area contributed by atoms with Crippen LogP contribution in [0.25, 0.3) is 12.2 Å². The fourth-order valence-electron chi connectivity index (χ4n) is 1.58. The molecule has 0 saturated carbocycles. The highest BCUT2D eigenvalue weighted by atomic mass is 32.1. The second-order valence-electron chi connectivity index (χ2n) is 2.93. The van der Waals surface area contributed by atoms with Crippen LogP contribution in [0.2, 0.25) is 0 Å². The topological polar surface area (TPSA) is 50.7 Å². The average Bonchev–Trinajstić information content (AvgIpc) is 2.62. The van der Waals surface area contributed by atoms with Crippen molar-refractivity contribution in [2.45, 2.75) is 0 Å². The predicted molar refractivity (Wildman–Crippen MR) is 54.2 cm³/mol. The van der Waals surface area contributed by atoms with Crippen LogP contribution in [0.4, 0.5) is 0 Å². The van der Waals surface area contributed by atoms with Gasteiger partial charge in [-0.15, -0.1) is 11.3 Å². The van der Waals surface area contributed by atoms with Gasteiger partial charge in [-0.25, -0.2) is 4.99 Å². The molecular weight excluding hydrogens is 182 g/mol. The number of thiophene rings is 1. The van der Waals surface area contributed by atoms with E-state index in [2.05, 4.69) is 22.1 Å². The van der Waals surface area contributed by atoms with Crippen LogP contribution in [0.5, 0.6) is 0 Å². The number of hydrogen-bond donors (Lipinski definition) is 1. The second kappa shape index (κ2) is 2.29. The maximum absolute atomic E-state index is 5.81. The van der Waals surface area contributed by atoms with E-state index in [9.17, 15) is 0 Å². The molecule has 1 aliphatic heterocycles. The van der Waals surface area contributed by atoms with Gasteiger partial charge >= 0.3 is 0 Å². The Bertz CT molecular complexity index is 548. The molecule has 1 aromatic rings. The lowest BCUT2D eigenvalue weighted by Crippen LogP contribution is -2.24. The predicted octanol–water partition coefficient (Wildman–Crippen LogP) is -0.149. The van der Waals surface area contributed by atoms with Crippen LogP contribution in [-0.2, 0) is 0 Å². The highest BCUT2D eigenvalue weighted by Crippen LogP contribution is 2.11. The first-order valence-corrected chi connectivity index (χ1v) is 4.84. The molecule has 0 atom stereocenters. The van der Waals surface area contributed by atoms with Crippen LogP contribution in [0.15, 0.2) is 16.1 Å². The van der Waals surface area contributed by atoms with Crippen molar-refractivity contribution in [1.82, 2.24) is 0 Å². The summed E-state index contributed by atoms with van der Waals surface area (Å²) in [6.45, 7) is 0.474. The molecule has 0 aromatic carbocycles. The molecule has 2 heterocycles. The number of nitrogens with two attached hydrogens (primary N) is 1. The number of amidine groups is 1. The Morgan fingerprint density at radius 1 is 1.38 bits per heavy atom. The van der Waals surface area contributed by atoms with Gasteiger partial charge < -0.3 is 5.73 Å². The first kappa shape index (κ1) is 7.03. The fraction of sp³-hybridized carbons (Fsp3) is 0.111. The fourth-order valence-corrected chi connectivity index (χ4v) is 2.66. The number of hydrogen-bond acceptors (Lipinski definition) is 4. The van der Waals surface area contributed by atoms with E-state index in [-0.39, 0.29) is 0 Å². The second-order valence-corrected chi connectivity index (χ2v) is 3.96. The third-order valence-corrected chi connectivity index (χ3v) is 3.28. The third-order valence-electron chi connectivity index (χ3n) is 2.18. The van der Waals surface area contributed by atoms with Crippen molar-refractivity contribution in [2.75, 3.05) is 6.67 Å². The molecule has 0 spiro atoms. The lowest BCUT2D eigenvalue weighted by Gasteiger charge is -2.02. The van der Waals surface area contributed by atoms with Gasteiger partial charge in [0.05, 0.1) is 5.56 Å². The summed E-state index contributed by atoms with van der Waals surface area (Å²) in [6.07, 6.45) is 6.18. The average molecular weight is 189 g/mol. The van der Waals surface area contributed by atoms with Gasteiger partial charge in [0.25, 0.3) is 0 Å². The number of allylic oxidation sites excluding steroid dienone is 1. The summed E-state index contributed by atoms with van der Waals surface area (Å²) in [4.78, 5) is 8.41. The standard InChI is InChI=1S/C9H7N3S/c10-8-7-5-2-1-3-6(5)13-9(7)12-4-11-8/h1-3H,4H2,(H2,10,11). The molecule has 3 nitrogen and oxygen atoms in total. The van der Waals surface area contributed by atoms with E-state index < -0.39 is 0 Å².